The van der Waals surface area contributed by atoms with Crippen LogP contribution < -0.4 is 4.74 Å². The van der Waals surface area contributed by atoms with Gasteiger partial charge in [-0.15, -0.1) is 0 Å². The minimum absolute atomic E-state index is 0.540. The number of fused-ring (bicyclic) bond motifs is 1. The molecule has 1 aliphatic rings. The standard InChI is InChI=1S/C10H9BrO3/c11-7-3-1-2-6-4-5-8(10(12)13)14-9(6)7/h1-3,8H,4-5H2,(H,12,13). The van der Waals surface area contributed by atoms with Gasteiger partial charge in [0.1, 0.15) is 5.75 Å². The van der Waals surface area contributed by atoms with Crippen LogP contribution in [0.5, 0.6) is 5.75 Å². The molecule has 74 valence electrons. The van der Waals surface area contributed by atoms with Gasteiger partial charge in [-0.2, -0.15) is 0 Å². The molecule has 0 radical (unpaired) electrons. The summed E-state index contributed by atoms with van der Waals surface area (Å²) in [4.78, 5) is 10.7. The molecule has 0 spiro atoms. The van der Waals surface area contributed by atoms with Gasteiger partial charge in [0.05, 0.1) is 4.47 Å². The first kappa shape index (κ1) is 9.52. The van der Waals surface area contributed by atoms with Crippen molar-refractivity contribution in [1.82, 2.24) is 0 Å². The van der Waals surface area contributed by atoms with Crippen LogP contribution in [0.1, 0.15) is 12.0 Å². The van der Waals surface area contributed by atoms with Crippen LogP contribution >= 0.6 is 15.9 Å². The van der Waals surface area contributed by atoms with E-state index in [1.165, 1.54) is 0 Å². The fourth-order valence-corrected chi connectivity index (χ4v) is 2.04. The first-order valence-electron chi connectivity index (χ1n) is 4.35. The number of rotatable bonds is 1. The summed E-state index contributed by atoms with van der Waals surface area (Å²) in [7, 11) is 0. The van der Waals surface area contributed by atoms with Gasteiger partial charge in [0.25, 0.3) is 0 Å². The molecule has 1 aliphatic heterocycles. The lowest BCUT2D eigenvalue weighted by molar-refractivity contribution is -0.145. The number of carboxylic acids is 1. The molecule has 0 saturated carbocycles. The number of carbonyl (C=O) groups is 1. The Labute approximate surface area is 89.8 Å². The molecule has 0 fully saturated rings. The van der Waals surface area contributed by atoms with Crippen LogP contribution in [-0.2, 0) is 11.2 Å². The number of hydrogen-bond acceptors (Lipinski definition) is 2. The highest BCUT2D eigenvalue weighted by Gasteiger charge is 2.26. The van der Waals surface area contributed by atoms with Gasteiger partial charge in [-0.25, -0.2) is 4.79 Å². The zero-order chi connectivity index (χ0) is 10.1. The number of halogens is 1. The number of para-hydroxylation sites is 1. The van der Waals surface area contributed by atoms with Crippen molar-refractivity contribution in [2.75, 3.05) is 0 Å². The Bertz CT molecular complexity index is 376. The van der Waals surface area contributed by atoms with Crippen LogP contribution in [0.4, 0.5) is 0 Å². The molecule has 0 aliphatic carbocycles. The molecular weight excluding hydrogens is 248 g/mol. The molecule has 4 heteroatoms. The third kappa shape index (κ3) is 1.62. The molecular formula is C10H9BrO3. The summed E-state index contributed by atoms with van der Waals surface area (Å²) in [6.45, 7) is 0. The van der Waals surface area contributed by atoms with Gasteiger partial charge in [-0.3, -0.25) is 0 Å². The van der Waals surface area contributed by atoms with E-state index in [0.717, 1.165) is 16.5 Å². The summed E-state index contributed by atoms with van der Waals surface area (Å²) in [5.74, 6) is -0.224. The third-order valence-electron chi connectivity index (χ3n) is 2.26. The van der Waals surface area contributed by atoms with Crippen LogP contribution in [0.2, 0.25) is 0 Å². The van der Waals surface area contributed by atoms with Gasteiger partial charge in [0, 0.05) is 0 Å². The summed E-state index contributed by atoms with van der Waals surface area (Å²) in [6.07, 6.45) is 0.589. The molecule has 1 aromatic rings. The van der Waals surface area contributed by atoms with Gasteiger partial charge < -0.3 is 9.84 Å². The van der Waals surface area contributed by atoms with E-state index in [1.807, 2.05) is 18.2 Å². The predicted octanol–water partition coefficient (Wildman–Crippen LogP) is 2.23. The van der Waals surface area contributed by atoms with E-state index in [0.29, 0.717) is 12.2 Å². The smallest absolute Gasteiger partial charge is 0.344 e. The van der Waals surface area contributed by atoms with Crippen molar-refractivity contribution in [3.63, 3.8) is 0 Å². The summed E-state index contributed by atoms with van der Waals surface area (Å²) < 4.78 is 6.20. The first-order chi connectivity index (χ1) is 6.68. The van der Waals surface area contributed by atoms with Crippen LogP contribution in [0, 0.1) is 0 Å². The highest BCUT2D eigenvalue weighted by molar-refractivity contribution is 9.10. The molecule has 14 heavy (non-hydrogen) atoms. The zero-order valence-corrected chi connectivity index (χ0v) is 8.95. The summed E-state index contributed by atoms with van der Waals surface area (Å²) >= 11 is 3.34. The maximum Gasteiger partial charge on any atom is 0.344 e. The van der Waals surface area contributed by atoms with Gasteiger partial charge in [-0.1, -0.05) is 12.1 Å². The molecule has 1 unspecified atom stereocenters. The van der Waals surface area contributed by atoms with E-state index in [9.17, 15) is 4.79 Å². The fourth-order valence-electron chi connectivity index (χ4n) is 1.54. The van der Waals surface area contributed by atoms with Crippen LogP contribution in [-0.4, -0.2) is 17.2 Å². The molecule has 1 heterocycles. The topological polar surface area (TPSA) is 46.5 Å². The van der Waals surface area contributed by atoms with E-state index in [1.54, 1.807) is 0 Å². The van der Waals surface area contributed by atoms with Crippen molar-refractivity contribution < 1.29 is 14.6 Å². The lowest BCUT2D eigenvalue weighted by atomic mass is 10.0. The second-order valence-electron chi connectivity index (χ2n) is 3.21. The monoisotopic (exact) mass is 256 g/mol. The maximum atomic E-state index is 10.7. The van der Waals surface area contributed by atoms with Gasteiger partial charge in [0.2, 0.25) is 0 Å². The van der Waals surface area contributed by atoms with Crippen molar-refractivity contribution in [3.05, 3.63) is 28.2 Å². The molecule has 0 saturated heterocycles. The maximum absolute atomic E-state index is 10.7. The number of ether oxygens (including phenoxy) is 1. The van der Waals surface area contributed by atoms with E-state index in [4.69, 9.17) is 9.84 Å². The van der Waals surface area contributed by atoms with Gasteiger partial charge in [0.15, 0.2) is 6.10 Å². The van der Waals surface area contributed by atoms with Crippen molar-refractivity contribution in [2.24, 2.45) is 0 Å². The molecule has 0 aromatic heterocycles. The summed E-state index contributed by atoms with van der Waals surface area (Å²) in [6, 6.07) is 5.73. The quantitative estimate of drug-likeness (QED) is 0.839. The Kier molecular flexibility index (Phi) is 2.46. The lowest BCUT2D eigenvalue weighted by Gasteiger charge is -2.23. The van der Waals surface area contributed by atoms with E-state index >= 15 is 0 Å². The Morgan fingerprint density at radius 1 is 1.57 bits per heavy atom. The average Bonchev–Trinajstić information content (AvgIpc) is 2.18. The van der Waals surface area contributed by atoms with E-state index in [2.05, 4.69) is 15.9 Å². The number of carboxylic acid groups (broad SMARTS) is 1. The highest BCUT2D eigenvalue weighted by atomic mass is 79.9. The summed E-state index contributed by atoms with van der Waals surface area (Å²) in [5.41, 5.74) is 1.07. The van der Waals surface area contributed by atoms with Crippen molar-refractivity contribution in [3.8, 4) is 5.75 Å². The van der Waals surface area contributed by atoms with Crippen molar-refractivity contribution in [1.29, 1.82) is 0 Å². The lowest BCUT2D eigenvalue weighted by Crippen LogP contribution is -2.30. The number of benzene rings is 1. The third-order valence-corrected chi connectivity index (χ3v) is 2.88. The Morgan fingerprint density at radius 3 is 3.07 bits per heavy atom. The molecule has 1 N–H and O–H groups in total. The second kappa shape index (κ2) is 3.61. The van der Waals surface area contributed by atoms with Crippen molar-refractivity contribution in [2.45, 2.75) is 18.9 Å². The number of aryl methyl sites for hydroxylation is 1. The van der Waals surface area contributed by atoms with Crippen molar-refractivity contribution >= 4 is 21.9 Å². The largest absolute Gasteiger partial charge is 0.479 e. The van der Waals surface area contributed by atoms with E-state index < -0.39 is 12.1 Å². The Hall–Kier alpha value is -1.03. The first-order valence-corrected chi connectivity index (χ1v) is 5.14. The fraction of sp³-hybridized carbons (Fsp3) is 0.300. The normalized spacial score (nSPS) is 19.6. The van der Waals surface area contributed by atoms with E-state index in [-0.39, 0.29) is 0 Å². The molecule has 1 aromatic carbocycles. The van der Waals surface area contributed by atoms with Gasteiger partial charge >= 0.3 is 5.97 Å². The Balaban J connectivity index is 2.33. The minimum atomic E-state index is -0.897. The van der Waals surface area contributed by atoms with Crippen LogP contribution in [0.3, 0.4) is 0 Å². The average molecular weight is 257 g/mol. The molecule has 0 bridgehead atoms. The highest BCUT2D eigenvalue weighted by Crippen LogP contribution is 2.34. The van der Waals surface area contributed by atoms with Crippen LogP contribution in [0.25, 0.3) is 0 Å². The van der Waals surface area contributed by atoms with Crippen LogP contribution in [0.15, 0.2) is 22.7 Å². The SMILES string of the molecule is O=C(O)C1CCc2cccc(Br)c2O1. The Morgan fingerprint density at radius 2 is 2.36 bits per heavy atom. The number of hydrogen-bond donors (Lipinski definition) is 1. The second-order valence-corrected chi connectivity index (χ2v) is 4.07. The summed E-state index contributed by atoms with van der Waals surface area (Å²) in [5, 5.41) is 8.81. The predicted molar refractivity (Wildman–Crippen MR) is 54.5 cm³/mol. The minimum Gasteiger partial charge on any atom is -0.479 e. The molecule has 0 amide bonds. The zero-order valence-electron chi connectivity index (χ0n) is 7.37. The molecule has 2 rings (SSSR count). The number of aliphatic carboxylic acids is 1. The molecule has 3 nitrogen and oxygen atoms in total. The van der Waals surface area contributed by atoms with Gasteiger partial charge in [-0.05, 0) is 40.4 Å². The molecule has 1 atom stereocenters.